The van der Waals surface area contributed by atoms with Gasteiger partial charge in [-0.25, -0.2) is 4.79 Å². The number of hydrogen-bond donors (Lipinski definition) is 2. The average molecular weight is 259 g/mol. The summed E-state index contributed by atoms with van der Waals surface area (Å²) in [5, 5.41) is 13.4. The molecule has 94 valence electrons. The summed E-state index contributed by atoms with van der Waals surface area (Å²) < 4.78 is 9.29. The van der Waals surface area contributed by atoms with Gasteiger partial charge in [-0.2, -0.15) is 0 Å². The summed E-state index contributed by atoms with van der Waals surface area (Å²) >= 11 is 1.21. The number of methoxy groups -OCH3 is 2. The van der Waals surface area contributed by atoms with Gasteiger partial charge in [0.05, 0.1) is 20.8 Å². The van der Waals surface area contributed by atoms with E-state index in [-0.39, 0.29) is 6.54 Å². The highest BCUT2D eigenvalue weighted by Crippen LogP contribution is 2.23. The van der Waals surface area contributed by atoms with Crippen molar-refractivity contribution in [2.75, 3.05) is 20.8 Å². The number of hydrogen-bond acceptors (Lipinski definition) is 6. The Hall–Kier alpha value is -1.60. The van der Waals surface area contributed by atoms with Gasteiger partial charge in [-0.15, -0.1) is 11.3 Å². The Bertz CT molecular complexity index is 403. The topological polar surface area (TPSA) is 84.9 Å². The maximum Gasteiger partial charge on any atom is 0.336 e. The molecule has 1 unspecified atom stereocenters. The standard InChI is InChI=1S/C10H13NO5S/c1-15-7-3-4-17-8(7)9(13)11-5-6(12)10(14)16-2/h3-4,6,12H,5H2,1-2H3,(H,11,13). The highest BCUT2D eigenvalue weighted by atomic mass is 32.1. The van der Waals surface area contributed by atoms with Gasteiger partial charge < -0.3 is 19.9 Å². The minimum atomic E-state index is -1.37. The van der Waals surface area contributed by atoms with Crippen LogP contribution in [0.4, 0.5) is 0 Å². The molecule has 0 bridgehead atoms. The zero-order chi connectivity index (χ0) is 12.8. The highest BCUT2D eigenvalue weighted by molar-refractivity contribution is 7.12. The number of esters is 1. The smallest absolute Gasteiger partial charge is 0.336 e. The van der Waals surface area contributed by atoms with Gasteiger partial charge in [-0.3, -0.25) is 4.79 Å². The molecule has 1 heterocycles. The Labute approximate surface area is 102 Å². The Morgan fingerprint density at radius 2 is 2.24 bits per heavy atom. The molecule has 0 aromatic carbocycles. The fraction of sp³-hybridized carbons (Fsp3) is 0.400. The van der Waals surface area contributed by atoms with E-state index in [1.807, 2.05) is 0 Å². The van der Waals surface area contributed by atoms with Crippen molar-refractivity contribution in [1.82, 2.24) is 5.32 Å². The second-order valence-corrected chi connectivity index (χ2v) is 3.98. The van der Waals surface area contributed by atoms with Crippen LogP contribution in [0, 0.1) is 0 Å². The van der Waals surface area contributed by atoms with Crippen molar-refractivity contribution in [1.29, 1.82) is 0 Å². The van der Waals surface area contributed by atoms with Gasteiger partial charge in [0, 0.05) is 0 Å². The van der Waals surface area contributed by atoms with E-state index in [1.54, 1.807) is 11.4 Å². The van der Waals surface area contributed by atoms with E-state index in [0.717, 1.165) is 7.11 Å². The molecule has 0 spiro atoms. The number of nitrogens with one attached hydrogen (secondary N) is 1. The minimum absolute atomic E-state index is 0.202. The van der Waals surface area contributed by atoms with Gasteiger partial charge in [-0.1, -0.05) is 0 Å². The first kappa shape index (κ1) is 13.5. The van der Waals surface area contributed by atoms with Crippen molar-refractivity contribution < 1.29 is 24.2 Å². The number of rotatable bonds is 5. The fourth-order valence-corrected chi connectivity index (χ4v) is 1.89. The molecule has 0 aliphatic heterocycles. The van der Waals surface area contributed by atoms with Gasteiger partial charge in [0.25, 0.3) is 5.91 Å². The molecule has 0 aliphatic carbocycles. The van der Waals surface area contributed by atoms with Crippen LogP contribution in [-0.4, -0.2) is 43.9 Å². The summed E-state index contributed by atoms with van der Waals surface area (Å²) in [6, 6.07) is 1.66. The normalized spacial score (nSPS) is 11.7. The molecule has 1 aromatic rings. The number of aliphatic hydroxyl groups is 1. The minimum Gasteiger partial charge on any atom is -0.495 e. The van der Waals surface area contributed by atoms with Crippen molar-refractivity contribution >= 4 is 23.2 Å². The van der Waals surface area contributed by atoms with E-state index < -0.39 is 18.0 Å². The van der Waals surface area contributed by atoms with Crippen molar-refractivity contribution in [3.8, 4) is 5.75 Å². The summed E-state index contributed by atoms with van der Waals surface area (Å²) in [7, 11) is 2.62. The van der Waals surface area contributed by atoms with Crippen LogP contribution < -0.4 is 10.1 Å². The summed E-state index contributed by atoms with van der Waals surface area (Å²) in [4.78, 5) is 22.9. The fourth-order valence-electron chi connectivity index (χ4n) is 1.11. The monoisotopic (exact) mass is 259 g/mol. The molecule has 0 radical (unpaired) electrons. The van der Waals surface area contributed by atoms with Gasteiger partial charge in [-0.05, 0) is 11.4 Å². The Kier molecular flexibility index (Phi) is 4.92. The molecule has 17 heavy (non-hydrogen) atoms. The molecule has 1 amide bonds. The Morgan fingerprint density at radius 1 is 1.53 bits per heavy atom. The van der Waals surface area contributed by atoms with E-state index in [0.29, 0.717) is 10.6 Å². The van der Waals surface area contributed by atoms with Crippen LogP contribution >= 0.6 is 11.3 Å². The third kappa shape index (κ3) is 3.43. The molecule has 1 atom stereocenters. The van der Waals surface area contributed by atoms with Crippen LogP contribution in [0.5, 0.6) is 5.75 Å². The number of carbonyl (C=O) groups excluding carboxylic acids is 2. The molecular formula is C10H13NO5S. The lowest BCUT2D eigenvalue weighted by atomic mass is 10.3. The SMILES string of the molecule is COC(=O)C(O)CNC(=O)c1sccc1OC. The molecular weight excluding hydrogens is 246 g/mol. The zero-order valence-electron chi connectivity index (χ0n) is 9.43. The average Bonchev–Trinajstić information content (AvgIpc) is 2.82. The van der Waals surface area contributed by atoms with Crippen LogP contribution in [-0.2, 0) is 9.53 Å². The summed E-state index contributed by atoms with van der Waals surface area (Å²) in [6.45, 7) is -0.202. The van der Waals surface area contributed by atoms with Gasteiger partial charge in [0.1, 0.15) is 10.6 Å². The predicted octanol–water partition coefficient (Wildman–Crippen LogP) is 0.0204. The second-order valence-electron chi connectivity index (χ2n) is 3.07. The van der Waals surface area contributed by atoms with Gasteiger partial charge >= 0.3 is 5.97 Å². The lowest BCUT2D eigenvalue weighted by Gasteiger charge is -2.09. The molecule has 2 N–H and O–H groups in total. The molecule has 7 heteroatoms. The van der Waals surface area contributed by atoms with E-state index >= 15 is 0 Å². The van der Waals surface area contributed by atoms with Crippen molar-refractivity contribution in [3.05, 3.63) is 16.3 Å². The zero-order valence-corrected chi connectivity index (χ0v) is 10.2. The van der Waals surface area contributed by atoms with Crippen LogP contribution in [0.2, 0.25) is 0 Å². The van der Waals surface area contributed by atoms with Crippen LogP contribution in [0.3, 0.4) is 0 Å². The first-order valence-corrected chi connectivity index (χ1v) is 5.63. The van der Waals surface area contributed by atoms with Crippen molar-refractivity contribution in [2.24, 2.45) is 0 Å². The number of carbonyl (C=O) groups is 2. The van der Waals surface area contributed by atoms with Gasteiger partial charge in [0.15, 0.2) is 6.10 Å². The summed E-state index contributed by atoms with van der Waals surface area (Å²) in [5.74, 6) is -0.733. The lowest BCUT2D eigenvalue weighted by molar-refractivity contribution is -0.149. The van der Waals surface area contributed by atoms with Crippen molar-refractivity contribution in [3.63, 3.8) is 0 Å². The van der Waals surface area contributed by atoms with Gasteiger partial charge in [0.2, 0.25) is 0 Å². The summed E-state index contributed by atoms with van der Waals surface area (Å²) in [5.41, 5.74) is 0. The number of aliphatic hydroxyl groups excluding tert-OH is 1. The van der Waals surface area contributed by atoms with E-state index in [4.69, 9.17) is 4.74 Å². The largest absolute Gasteiger partial charge is 0.495 e. The first-order valence-electron chi connectivity index (χ1n) is 4.75. The van der Waals surface area contributed by atoms with E-state index in [1.165, 1.54) is 18.4 Å². The maximum absolute atomic E-state index is 11.7. The van der Waals surface area contributed by atoms with E-state index in [2.05, 4.69) is 10.1 Å². The summed E-state index contributed by atoms with van der Waals surface area (Å²) in [6.07, 6.45) is -1.37. The molecule has 1 rings (SSSR count). The van der Waals surface area contributed by atoms with E-state index in [9.17, 15) is 14.7 Å². The van der Waals surface area contributed by atoms with Crippen LogP contribution in [0.15, 0.2) is 11.4 Å². The quantitative estimate of drug-likeness (QED) is 0.728. The Morgan fingerprint density at radius 3 is 2.82 bits per heavy atom. The Balaban J connectivity index is 2.53. The molecule has 0 saturated carbocycles. The number of thiophene rings is 1. The molecule has 1 aromatic heterocycles. The second kappa shape index (κ2) is 6.21. The molecule has 6 nitrogen and oxygen atoms in total. The number of ether oxygens (including phenoxy) is 2. The lowest BCUT2D eigenvalue weighted by Crippen LogP contribution is -2.37. The molecule has 0 aliphatic rings. The molecule has 0 fully saturated rings. The predicted molar refractivity (Wildman–Crippen MR) is 61.2 cm³/mol. The van der Waals surface area contributed by atoms with Crippen LogP contribution in [0.1, 0.15) is 9.67 Å². The third-order valence-electron chi connectivity index (χ3n) is 1.98. The molecule has 0 saturated heterocycles. The highest BCUT2D eigenvalue weighted by Gasteiger charge is 2.19. The maximum atomic E-state index is 11.7. The van der Waals surface area contributed by atoms with Crippen molar-refractivity contribution in [2.45, 2.75) is 6.10 Å². The first-order chi connectivity index (χ1) is 8.10. The van der Waals surface area contributed by atoms with Crippen LogP contribution in [0.25, 0.3) is 0 Å². The number of amides is 1. The third-order valence-corrected chi connectivity index (χ3v) is 2.88.